The Morgan fingerprint density at radius 3 is 2.65 bits per heavy atom. The highest BCUT2D eigenvalue weighted by Gasteiger charge is 2.22. The molecule has 9 heteroatoms. The lowest BCUT2D eigenvalue weighted by atomic mass is 10.3. The lowest BCUT2D eigenvalue weighted by Crippen LogP contribution is -2.28. The third-order valence-corrected chi connectivity index (χ3v) is 4.86. The predicted molar refractivity (Wildman–Crippen MR) is 83.4 cm³/mol. The van der Waals surface area contributed by atoms with Crippen molar-refractivity contribution >= 4 is 21.6 Å². The van der Waals surface area contributed by atoms with Gasteiger partial charge in [-0.3, -0.25) is 19.2 Å². The number of nitrogens with one attached hydrogen (secondary N) is 1. The number of anilines is 1. The van der Waals surface area contributed by atoms with Gasteiger partial charge in [-0.05, 0) is 31.0 Å². The van der Waals surface area contributed by atoms with E-state index in [1.54, 1.807) is 18.1 Å². The maximum Gasteiger partial charge on any atom is 0.281 e. The fraction of sp³-hybridized carbons (Fsp3) is 0.357. The number of carbonyl (C=O) groups is 1. The van der Waals surface area contributed by atoms with Crippen LogP contribution in [0, 0.1) is 0 Å². The van der Waals surface area contributed by atoms with Gasteiger partial charge < -0.3 is 4.90 Å². The van der Waals surface area contributed by atoms with Crippen LogP contribution in [-0.4, -0.2) is 47.1 Å². The molecular formula is C14H17N5O3S. The molecule has 1 aliphatic rings. The number of aryl methyl sites for hydroxylation is 1. The van der Waals surface area contributed by atoms with Crippen molar-refractivity contribution in [3.8, 4) is 0 Å². The third kappa shape index (κ3) is 3.34. The van der Waals surface area contributed by atoms with Crippen molar-refractivity contribution < 1.29 is 13.2 Å². The van der Waals surface area contributed by atoms with Crippen LogP contribution in [0.25, 0.3) is 0 Å². The molecule has 3 rings (SSSR count). The largest absolute Gasteiger partial charge is 0.337 e. The van der Waals surface area contributed by atoms with E-state index in [-0.39, 0.29) is 22.3 Å². The number of sulfonamides is 1. The highest BCUT2D eigenvalue weighted by atomic mass is 32.2. The van der Waals surface area contributed by atoms with Crippen LogP contribution < -0.4 is 4.72 Å². The Hall–Kier alpha value is -2.42. The molecule has 1 fully saturated rings. The van der Waals surface area contributed by atoms with Crippen molar-refractivity contribution in [2.24, 2.45) is 7.05 Å². The van der Waals surface area contributed by atoms with Crippen LogP contribution in [0.15, 0.2) is 35.6 Å². The summed E-state index contributed by atoms with van der Waals surface area (Å²) in [5.74, 6) is -0.179. The van der Waals surface area contributed by atoms with E-state index in [0.29, 0.717) is 13.1 Å². The first-order valence-electron chi connectivity index (χ1n) is 7.23. The molecule has 3 heterocycles. The van der Waals surface area contributed by atoms with Gasteiger partial charge in [-0.25, -0.2) is 0 Å². The zero-order valence-electron chi connectivity index (χ0n) is 12.6. The van der Waals surface area contributed by atoms with E-state index in [2.05, 4.69) is 14.8 Å². The van der Waals surface area contributed by atoms with E-state index >= 15 is 0 Å². The first-order chi connectivity index (χ1) is 11.0. The van der Waals surface area contributed by atoms with Crippen LogP contribution >= 0.6 is 0 Å². The molecule has 0 radical (unpaired) electrons. The monoisotopic (exact) mass is 335 g/mol. The van der Waals surface area contributed by atoms with Crippen molar-refractivity contribution in [2.75, 3.05) is 17.8 Å². The van der Waals surface area contributed by atoms with Gasteiger partial charge in [0.2, 0.25) is 0 Å². The summed E-state index contributed by atoms with van der Waals surface area (Å²) in [5.41, 5.74) is 0.515. The van der Waals surface area contributed by atoms with Gasteiger partial charge in [0.1, 0.15) is 5.69 Å². The van der Waals surface area contributed by atoms with Gasteiger partial charge in [0, 0.05) is 32.5 Å². The van der Waals surface area contributed by atoms with Crippen molar-refractivity contribution in [1.29, 1.82) is 0 Å². The second kappa shape index (κ2) is 5.99. The third-order valence-electron chi connectivity index (χ3n) is 3.59. The van der Waals surface area contributed by atoms with Crippen molar-refractivity contribution in [1.82, 2.24) is 19.7 Å². The van der Waals surface area contributed by atoms with Gasteiger partial charge in [0.25, 0.3) is 15.9 Å². The van der Waals surface area contributed by atoms with Crippen LogP contribution in [0.1, 0.15) is 23.3 Å². The molecule has 2 aromatic heterocycles. The molecule has 0 unspecified atom stereocenters. The average Bonchev–Trinajstić information content (AvgIpc) is 3.17. The number of aromatic nitrogens is 3. The highest BCUT2D eigenvalue weighted by molar-refractivity contribution is 7.92. The summed E-state index contributed by atoms with van der Waals surface area (Å²) in [6.07, 6.45) is 4.93. The molecule has 1 saturated heterocycles. The molecule has 0 bridgehead atoms. The summed E-state index contributed by atoms with van der Waals surface area (Å²) in [5, 5.41) is 3.80. The fourth-order valence-electron chi connectivity index (χ4n) is 2.44. The van der Waals surface area contributed by atoms with E-state index < -0.39 is 10.0 Å². The smallest absolute Gasteiger partial charge is 0.281 e. The van der Waals surface area contributed by atoms with Crippen molar-refractivity contribution in [2.45, 2.75) is 17.9 Å². The number of carbonyl (C=O) groups excluding carboxylic acids is 1. The van der Waals surface area contributed by atoms with E-state index in [1.807, 2.05) is 0 Å². The van der Waals surface area contributed by atoms with Crippen LogP contribution in [0.3, 0.4) is 0 Å². The summed E-state index contributed by atoms with van der Waals surface area (Å²) in [7, 11) is -2.15. The zero-order valence-corrected chi connectivity index (χ0v) is 13.5. The molecule has 0 aliphatic carbocycles. The summed E-state index contributed by atoms with van der Waals surface area (Å²) in [4.78, 5) is 18.1. The number of hydrogen-bond donors (Lipinski definition) is 1. The first kappa shape index (κ1) is 15.5. The minimum Gasteiger partial charge on any atom is -0.337 e. The van der Waals surface area contributed by atoms with Crippen LogP contribution in [0.2, 0.25) is 0 Å². The topological polar surface area (TPSA) is 97.2 Å². The maximum atomic E-state index is 12.3. The molecule has 0 saturated carbocycles. The highest BCUT2D eigenvalue weighted by Crippen LogP contribution is 2.17. The fourth-order valence-corrected chi connectivity index (χ4v) is 3.46. The molecule has 8 nitrogen and oxygen atoms in total. The summed E-state index contributed by atoms with van der Waals surface area (Å²) < 4.78 is 28.3. The van der Waals surface area contributed by atoms with Crippen LogP contribution in [-0.2, 0) is 17.1 Å². The van der Waals surface area contributed by atoms with Crippen molar-refractivity contribution in [3.63, 3.8) is 0 Å². The molecular weight excluding hydrogens is 318 g/mol. The molecule has 0 aromatic carbocycles. The van der Waals surface area contributed by atoms with E-state index in [4.69, 9.17) is 0 Å². The maximum absolute atomic E-state index is 12.3. The second-order valence-electron chi connectivity index (χ2n) is 5.36. The standard InChI is InChI=1S/C14H17N5O3S/c1-18-9-5-13(16-18)23(21,22)17-11-4-6-15-12(10-11)14(20)19-7-2-3-8-19/h4-6,9-10H,2-3,7-8H2,1H3,(H,15,17). The molecule has 2 aromatic rings. The van der Waals surface area contributed by atoms with Gasteiger partial charge in [0.15, 0.2) is 5.03 Å². The number of rotatable bonds is 4. The number of likely N-dealkylation sites (tertiary alicyclic amines) is 1. The summed E-state index contributed by atoms with van der Waals surface area (Å²) in [6.45, 7) is 1.43. The minimum atomic E-state index is -3.79. The molecule has 1 aliphatic heterocycles. The van der Waals surface area contributed by atoms with E-state index in [1.165, 1.54) is 29.1 Å². The number of pyridine rings is 1. The van der Waals surface area contributed by atoms with Gasteiger partial charge in [0.05, 0.1) is 5.69 Å². The lowest BCUT2D eigenvalue weighted by molar-refractivity contribution is 0.0787. The SMILES string of the molecule is Cn1ccc(S(=O)(=O)Nc2ccnc(C(=O)N3CCCC3)c2)n1. The Labute approximate surface area is 134 Å². The van der Waals surface area contributed by atoms with Gasteiger partial charge >= 0.3 is 0 Å². The Balaban J connectivity index is 1.81. The molecule has 1 amide bonds. The number of hydrogen-bond acceptors (Lipinski definition) is 5. The normalized spacial score (nSPS) is 14.9. The molecule has 1 N–H and O–H groups in total. The lowest BCUT2D eigenvalue weighted by Gasteiger charge is -2.15. The summed E-state index contributed by atoms with van der Waals surface area (Å²) in [6, 6.07) is 4.35. The Morgan fingerprint density at radius 1 is 1.26 bits per heavy atom. The minimum absolute atomic E-state index is 0.0794. The molecule has 122 valence electrons. The predicted octanol–water partition coefficient (Wildman–Crippen LogP) is 0.852. The molecule has 23 heavy (non-hydrogen) atoms. The average molecular weight is 335 g/mol. The second-order valence-corrected chi connectivity index (χ2v) is 6.99. The van der Waals surface area contributed by atoms with Crippen LogP contribution in [0.5, 0.6) is 0 Å². The zero-order chi connectivity index (χ0) is 16.4. The molecule has 0 atom stereocenters. The first-order valence-corrected chi connectivity index (χ1v) is 8.72. The number of amides is 1. The summed E-state index contributed by atoms with van der Waals surface area (Å²) >= 11 is 0. The van der Waals surface area contributed by atoms with Crippen LogP contribution in [0.4, 0.5) is 5.69 Å². The van der Waals surface area contributed by atoms with E-state index in [0.717, 1.165) is 12.8 Å². The number of nitrogens with zero attached hydrogens (tertiary/aromatic N) is 4. The van der Waals surface area contributed by atoms with Crippen molar-refractivity contribution in [3.05, 3.63) is 36.3 Å². The van der Waals surface area contributed by atoms with Gasteiger partial charge in [-0.1, -0.05) is 0 Å². The van der Waals surface area contributed by atoms with Gasteiger partial charge in [-0.2, -0.15) is 13.5 Å². The Kier molecular flexibility index (Phi) is 4.03. The van der Waals surface area contributed by atoms with Gasteiger partial charge in [-0.15, -0.1) is 0 Å². The Morgan fingerprint density at radius 2 is 2.00 bits per heavy atom. The molecule has 0 spiro atoms. The van der Waals surface area contributed by atoms with E-state index in [9.17, 15) is 13.2 Å². The Bertz CT molecular complexity index is 824. The quantitative estimate of drug-likeness (QED) is 0.893.